The topological polar surface area (TPSA) is 61.4 Å². The Morgan fingerprint density at radius 1 is 1.22 bits per heavy atom. The first kappa shape index (κ1) is 14.2. The molecular formula is C13H19N3O2. The third-order valence-corrected chi connectivity index (χ3v) is 2.47. The van der Waals surface area contributed by atoms with Gasteiger partial charge in [0.25, 0.3) is 0 Å². The lowest BCUT2D eigenvalue weighted by Gasteiger charge is -2.16. The van der Waals surface area contributed by atoms with E-state index in [4.69, 9.17) is 0 Å². The molecule has 0 radical (unpaired) electrons. The Labute approximate surface area is 107 Å². The van der Waals surface area contributed by atoms with Gasteiger partial charge in [-0.1, -0.05) is 17.7 Å². The van der Waals surface area contributed by atoms with Crippen LogP contribution >= 0.6 is 0 Å². The summed E-state index contributed by atoms with van der Waals surface area (Å²) in [5.41, 5.74) is 1.87. The van der Waals surface area contributed by atoms with Crippen molar-refractivity contribution in [1.29, 1.82) is 0 Å². The molecule has 0 saturated heterocycles. The molecule has 1 aromatic rings. The molecule has 2 N–H and O–H groups in total. The monoisotopic (exact) mass is 249 g/mol. The number of carbonyl (C=O) groups excluding carboxylic acids is 2. The van der Waals surface area contributed by atoms with Gasteiger partial charge in [0, 0.05) is 12.7 Å². The summed E-state index contributed by atoms with van der Waals surface area (Å²) >= 11 is 0. The molecule has 0 spiro atoms. The molecule has 0 saturated carbocycles. The minimum absolute atomic E-state index is 0.0500. The molecule has 1 rings (SSSR count). The van der Waals surface area contributed by atoms with Gasteiger partial charge in [0.2, 0.25) is 11.8 Å². The first-order valence-electron chi connectivity index (χ1n) is 5.78. The molecule has 0 aromatic heterocycles. The Kier molecular flexibility index (Phi) is 5.32. The number of benzene rings is 1. The Morgan fingerprint density at radius 2 is 1.83 bits per heavy atom. The van der Waals surface area contributed by atoms with Crippen molar-refractivity contribution in [2.75, 3.05) is 32.5 Å². The van der Waals surface area contributed by atoms with Crippen LogP contribution in [0.15, 0.2) is 24.3 Å². The molecule has 0 fully saturated rings. The number of likely N-dealkylation sites (N-methyl/N-ethyl adjacent to an activating group) is 2. The number of nitrogens with zero attached hydrogens (tertiary/aromatic N) is 1. The SMILES string of the molecule is CNCC(=O)N(C)CC(=O)Nc1ccc(C)cc1. The molecule has 2 amide bonds. The van der Waals surface area contributed by atoms with Gasteiger partial charge in [-0.25, -0.2) is 0 Å². The summed E-state index contributed by atoms with van der Waals surface area (Å²) in [6.07, 6.45) is 0. The van der Waals surface area contributed by atoms with Crippen molar-refractivity contribution in [2.24, 2.45) is 0 Å². The van der Waals surface area contributed by atoms with E-state index >= 15 is 0 Å². The minimum Gasteiger partial charge on any atom is -0.335 e. The molecule has 0 aliphatic rings. The molecule has 98 valence electrons. The second-order valence-electron chi connectivity index (χ2n) is 4.19. The number of nitrogens with one attached hydrogen (secondary N) is 2. The number of amides is 2. The van der Waals surface area contributed by atoms with Gasteiger partial charge >= 0.3 is 0 Å². The minimum atomic E-state index is -0.203. The van der Waals surface area contributed by atoms with Crippen molar-refractivity contribution in [2.45, 2.75) is 6.92 Å². The van der Waals surface area contributed by atoms with E-state index in [-0.39, 0.29) is 24.9 Å². The summed E-state index contributed by atoms with van der Waals surface area (Å²) in [6, 6.07) is 7.52. The Hall–Kier alpha value is -1.88. The molecular weight excluding hydrogens is 230 g/mol. The van der Waals surface area contributed by atoms with Crippen LogP contribution in [0, 0.1) is 6.92 Å². The van der Waals surface area contributed by atoms with E-state index in [1.54, 1.807) is 14.1 Å². The standard InChI is InChI=1S/C13H19N3O2/c1-10-4-6-11(7-5-10)15-12(17)9-16(3)13(18)8-14-2/h4-7,14H,8-9H2,1-3H3,(H,15,17). The first-order valence-corrected chi connectivity index (χ1v) is 5.78. The van der Waals surface area contributed by atoms with E-state index in [9.17, 15) is 9.59 Å². The average Bonchev–Trinajstić information content (AvgIpc) is 2.32. The molecule has 0 atom stereocenters. The van der Waals surface area contributed by atoms with Crippen molar-refractivity contribution in [3.8, 4) is 0 Å². The van der Waals surface area contributed by atoms with Gasteiger partial charge in [0.1, 0.15) is 0 Å². The fourth-order valence-corrected chi connectivity index (χ4v) is 1.43. The molecule has 0 aliphatic carbocycles. The predicted octanol–water partition coefficient (Wildman–Crippen LogP) is 0.611. The fourth-order valence-electron chi connectivity index (χ4n) is 1.43. The molecule has 1 aromatic carbocycles. The van der Waals surface area contributed by atoms with Gasteiger partial charge < -0.3 is 15.5 Å². The maximum atomic E-state index is 11.7. The smallest absolute Gasteiger partial charge is 0.243 e. The van der Waals surface area contributed by atoms with Gasteiger partial charge in [0.05, 0.1) is 13.1 Å². The third kappa shape index (κ3) is 4.55. The summed E-state index contributed by atoms with van der Waals surface area (Å²) in [5, 5.41) is 5.50. The van der Waals surface area contributed by atoms with Gasteiger partial charge in [-0.15, -0.1) is 0 Å². The van der Waals surface area contributed by atoms with Crippen molar-refractivity contribution in [3.63, 3.8) is 0 Å². The van der Waals surface area contributed by atoms with Gasteiger partial charge in [-0.05, 0) is 26.1 Å². The fraction of sp³-hybridized carbons (Fsp3) is 0.385. The van der Waals surface area contributed by atoms with Crippen LogP contribution in [0.1, 0.15) is 5.56 Å². The van der Waals surface area contributed by atoms with Gasteiger partial charge in [-0.3, -0.25) is 9.59 Å². The highest BCUT2D eigenvalue weighted by molar-refractivity contribution is 5.94. The normalized spacial score (nSPS) is 9.94. The van der Waals surface area contributed by atoms with E-state index in [2.05, 4.69) is 10.6 Å². The summed E-state index contributed by atoms with van der Waals surface area (Å²) < 4.78 is 0. The molecule has 0 aliphatic heterocycles. The van der Waals surface area contributed by atoms with Crippen molar-refractivity contribution < 1.29 is 9.59 Å². The Morgan fingerprint density at radius 3 is 2.39 bits per heavy atom. The summed E-state index contributed by atoms with van der Waals surface area (Å²) in [6.45, 7) is 2.26. The maximum absolute atomic E-state index is 11.7. The zero-order chi connectivity index (χ0) is 13.5. The summed E-state index contributed by atoms with van der Waals surface area (Å²) in [4.78, 5) is 24.5. The number of carbonyl (C=O) groups is 2. The van der Waals surface area contributed by atoms with Crippen LogP contribution in [0.4, 0.5) is 5.69 Å². The predicted molar refractivity (Wildman–Crippen MR) is 71.4 cm³/mol. The van der Waals surface area contributed by atoms with Crippen LogP contribution in [0.2, 0.25) is 0 Å². The molecule has 5 nitrogen and oxygen atoms in total. The Balaban J connectivity index is 2.46. The lowest BCUT2D eigenvalue weighted by atomic mass is 10.2. The van der Waals surface area contributed by atoms with E-state index in [0.29, 0.717) is 0 Å². The third-order valence-electron chi connectivity index (χ3n) is 2.47. The number of hydrogen-bond acceptors (Lipinski definition) is 3. The number of aryl methyl sites for hydroxylation is 1. The van der Waals surface area contributed by atoms with Crippen LogP contribution in [0.25, 0.3) is 0 Å². The van der Waals surface area contributed by atoms with Gasteiger partial charge in [-0.2, -0.15) is 0 Å². The van der Waals surface area contributed by atoms with Crippen molar-refractivity contribution >= 4 is 17.5 Å². The van der Waals surface area contributed by atoms with Crippen LogP contribution < -0.4 is 10.6 Å². The number of hydrogen-bond donors (Lipinski definition) is 2. The molecule has 5 heteroatoms. The van der Waals surface area contributed by atoms with Crippen molar-refractivity contribution in [3.05, 3.63) is 29.8 Å². The van der Waals surface area contributed by atoms with E-state index in [1.807, 2.05) is 31.2 Å². The largest absolute Gasteiger partial charge is 0.335 e. The molecule has 0 bridgehead atoms. The zero-order valence-corrected chi connectivity index (χ0v) is 11.0. The highest BCUT2D eigenvalue weighted by Gasteiger charge is 2.11. The number of rotatable bonds is 5. The second-order valence-corrected chi connectivity index (χ2v) is 4.19. The van der Waals surface area contributed by atoms with E-state index in [0.717, 1.165) is 11.3 Å². The maximum Gasteiger partial charge on any atom is 0.243 e. The van der Waals surface area contributed by atoms with Gasteiger partial charge in [0.15, 0.2) is 0 Å². The first-order chi connectivity index (χ1) is 8.52. The van der Waals surface area contributed by atoms with Crippen LogP contribution in [0.3, 0.4) is 0 Å². The van der Waals surface area contributed by atoms with E-state index in [1.165, 1.54) is 4.90 Å². The van der Waals surface area contributed by atoms with Crippen LogP contribution in [-0.2, 0) is 9.59 Å². The van der Waals surface area contributed by atoms with Crippen LogP contribution in [0.5, 0.6) is 0 Å². The van der Waals surface area contributed by atoms with E-state index < -0.39 is 0 Å². The van der Waals surface area contributed by atoms with Crippen LogP contribution in [-0.4, -0.2) is 43.9 Å². The quantitative estimate of drug-likeness (QED) is 0.804. The summed E-state index contributed by atoms with van der Waals surface area (Å²) in [7, 11) is 3.30. The highest BCUT2D eigenvalue weighted by Crippen LogP contribution is 2.08. The Bertz CT molecular complexity index is 415. The second kappa shape index (κ2) is 6.76. The molecule has 18 heavy (non-hydrogen) atoms. The highest BCUT2D eigenvalue weighted by atomic mass is 16.2. The lowest BCUT2D eigenvalue weighted by molar-refractivity contribution is -0.132. The lowest BCUT2D eigenvalue weighted by Crippen LogP contribution is -2.39. The van der Waals surface area contributed by atoms with Crippen molar-refractivity contribution in [1.82, 2.24) is 10.2 Å². The summed E-state index contributed by atoms with van der Waals surface area (Å²) in [5.74, 6) is -0.317. The molecule has 0 unspecified atom stereocenters. The number of anilines is 1. The molecule has 0 heterocycles. The zero-order valence-electron chi connectivity index (χ0n) is 11.0. The average molecular weight is 249 g/mol.